The normalized spacial score (nSPS) is 22.9. The lowest BCUT2D eigenvalue weighted by molar-refractivity contribution is 1.12. The minimum absolute atomic E-state index is 1.06. The van der Waals surface area contributed by atoms with Crippen molar-refractivity contribution in [2.75, 3.05) is 0 Å². The van der Waals surface area contributed by atoms with Gasteiger partial charge in [-0.25, -0.2) is 0 Å². The molecular weight excluding hydrogens is 130 g/mol. The molecule has 2 heteroatoms. The van der Waals surface area contributed by atoms with Gasteiger partial charge in [0.1, 0.15) is 0 Å². The van der Waals surface area contributed by atoms with E-state index in [2.05, 4.69) is 24.0 Å². The van der Waals surface area contributed by atoms with E-state index in [1.54, 1.807) is 11.8 Å². The van der Waals surface area contributed by atoms with E-state index in [9.17, 15) is 0 Å². The Morgan fingerprint density at radius 2 is 2.56 bits per heavy atom. The summed E-state index contributed by atoms with van der Waals surface area (Å²) in [6.07, 6.45) is 5.36. The van der Waals surface area contributed by atoms with Crippen molar-refractivity contribution in [3.63, 3.8) is 0 Å². The van der Waals surface area contributed by atoms with E-state index >= 15 is 0 Å². The van der Waals surface area contributed by atoms with Gasteiger partial charge in [-0.3, -0.25) is 0 Å². The van der Waals surface area contributed by atoms with Crippen molar-refractivity contribution in [3.8, 4) is 0 Å². The molecule has 0 spiro atoms. The molecule has 0 aromatic carbocycles. The standard InChI is InChI=1S/C7H7NS/c1-5-8-6-3-2-4-7(6)9-5/h2-3,8H,1,4H2. The number of nitrogens with one attached hydrogen (secondary N) is 1. The maximum atomic E-state index is 3.81. The molecule has 0 fully saturated rings. The minimum Gasteiger partial charge on any atom is -0.350 e. The molecule has 1 aliphatic carbocycles. The summed E-state index contributed by atoms with van der Waals surface area (Å²) in [4.78, 5) is 1.42. The van der Waals surface area contributed by atoms with Gasteiger partial charge >= 0.3 is 0 Å². The average molecular weight is 137 g/mol. The van der Waals surface area contributed by atoms with Crippen LogP contribution in [0, 0.1) is 0 Å². The number of rotatable bonds is 0. The van der Waals surface area contributed by atoms with Crippen molar-refractivity contribution in [1.29, 1.82) is 0 Å². The average Bonchev–Trinajstić information content (AvgIpc) is 2.22. The lowest BCUT2D eigenvalue weighted by Gasteiger charge is -1.94. The highest BCUT2D eigenvalue weighted by Gasteiger charge is 2.17. The van der Waals surface area contributed by atoms with Gasteiger partial charge in [-0.15, -0.1) is 0 Å². The summed E-state index contributed by atoms with van der Waals surface area (Å²) in [5.74, 6) is 0. The Hall–Kier alpha value is -0.630. The van der Waals surface area contributed by atoms with Gasteiger partial charge < -0.3 is 5.32 Å². The Morgan fingerprint density at radius 1 is 1.67 bits per heavy atom. The first-order valence-electron chi connectivity index (χ1n) is 2.90. The van der Waals surface area contributed by atoms with Gasteiger partial charge in [-0.1, -0.05) is 24.4 Å². The van der Waals surface area contributed by atoms with Gasteiger partial charge in [0, 0.05) is 10.6 Å². The minimum atomic E-state index is 1.06. The van der Waals surface area contributed by atoms with Crippen molar-refractivity contribution in [2.45, 2.75) is 6.42 Å². The van der Waals surface area contributed by atoms with Crippen molar-refractivity contribution < 1.29 is 0 Å². The van der Waals surface area contributed by atoms with Crippen LogP contribution in [0.2, 0.25) is 0 Å². The Labute approximate surface area is 58.5 Å². The van der Waals surface area contributed by atoms with E-state index in [-0.39, 0.29) is 0 Å². The molecule has 0 aromatic heterocycles. The van der Waals surface area contributed by atoms with Crippen LogP contribution >= 0.6 is 11.8 Å². The first kappa shape index (κ1) is 5.18. The predicted molar refractivity (Wildman–Crippen MR) is 40.6 cm³/mol. The molecule has 9 heavy (non-hydrogen) atoms. The number of hydrogen-bond acceptors (Lipinski definition) is 2. The summed E-state index contributed by atoms with van der Waals surface area (Å²) in [6, 6.07) is 0. The first-order valence-corrected chi connectivity index (χ1v) is 3.71. The van der Waals surface area contributed by atoms with Crippen LogP contribution in [0.25, 0.3) is 0 Å². The number of hydrogen-bond donors (Lipinski definition) is 1. The molecule has 0 unspecified atom stereocenters. The van der Waals surface area contributed by atoms with Gasteiger partial charge in [-0.2, -0.15) is 0 Å². The SMILES string of the molecule is C=C1NC2=C(CC=C2)S1. The molecule has 2 rings (SSSR count). The molecule has 0 atom stereocenters. The van der Waals surface area contributed by atoms with E-state index in [1.807, 2.05) is 0 Å². The molecule has 1 nitrogen and oxygen atoms in total. The Kier molecular flexibility index (Phi) is 0.963. The van der Waals surface area contributed by atoms with E-state index in [1.165, 1.54) is 10.6 Å². The third-order valence-corrected chi connectivity index (χ3v) is 2.39. The summed E-state index contributed by atoms with van der Waals surface area (Å²) in [7, 11) is 0. The second kappa shape index (κ2) is 1.67. The number of thioether (sulfide) groups is 1. The van der Waals surface area contributed by atoms with Crippen molar-refractivity contribution in [1.82, 2.24) is 5.32 Å². The van der Waals surface area contributed by atoms with Gasteiger partial charge in [-0.05, 0) is 12.5 Å². The monoisotopic (exact) mass is 137 g/mol. The van der Waals surface area contributed by atoms with Crippen molar-refractivity contribution in [2.24, 2.45) is 0 Å². The van der Waals surface area contributed by atoms with E-state index in [0.717, 1.165) is 11.4 Å². The molecular formula is C7H7NS. The molecule has 1 N–H and O–H groups in total. The van der Waals surface area contributed by atoms with Gasteiger partial charge in [0.2, 0.25) is 0 Å². The predicted octanol–water partition coefficient (Wildman–Crippen LogP) is 1.97. The summed E-state index contributed by atoms with van der Waals surface area (Å²) in [6.45, 7) is 3.81. The van der Waals surface area contributed by atoms with Crippen LogP contribution in [-0.4, -0.2) is 0 Å². The Bertz CT molecular complexity index is 225. The van der Waals surface area contributed by atoms with Crippen molar-refractivity contribution in [3.05, 3.63) is 34.4 Å². The van der Waals surface area contributed by atoms with Crippen LogP contribution in [0.1, 0.15) is 6.42 Å². The Balaban J connectivity index is 2.32. The zero-order chi connectivity index (χ0) is 6.27. The highest BCUT2D eigenvalue weighted by atomic mass is 32.2. The third kappa shape index (κ3) is 0.704. The fourth-order valence-corrected chi connectivity index (χ4v) is 1.89. The van der Waals surface area contributed by atoms with Crippen LogP contribution < -0.4 is 5.32 Å². The molecule has 1 aliphatic heterocycles. The molecule has 0 aromatic rings. The smallest absolute Gasteiger partial charge is 0.0698 e. The summed E-state index contributed by atoms with van der Waals surface area (Å²) in [5.41, 5.74) is 1.25. The fourth-order valence-electron chi connectivity index (χ4n) is 1.02. The van der Waals surface area contributed by atoms with E-state index < -0.39 is 0 Å². The molecule has 46 valence electrons. The Morgan fingerprint density at radius 3 is 3.33 bits per heavy atom. The molecule has 0 bridgehead atoms. The zero-order valence-corrected chi connectivity index (χ0v) is 5.79. The second-order valence-electron chi connectivity index (χ2n) is 2.09. The van der Waals surface area contributed by atoms with Crippen LogP contribution in [0.5, 0.6) is 0 Å². The van der Waals surface area contributed by atoms with E-state index in [4.69, 9.17) is 0 Å². The highest BCUT2D eigenvalue weighted by Crippen LogP contribution is 2.38. The summed E-state index contributed by atoms with van der Waals surface area (Å²) >= 11 is 1.75. The van der Waals surface area contributed by atoms with Crippen molar-refractivity contribution >= 4 is 11.8 Å². The van der Waals surface area contributed by atoms with Crippen LogP contribution in [0.4, 0.5) is 0 Å². The van der Waals surface area contributed by atoms with Crippen LogP contribution in [0.15, 0.2) is 34.4 Å². The van der Waals surface area contributed by atoms with Gasteiger partial charge in [0.25, 0.3) is 0 Å². The van der Waals surface area contributed by atoms with Gasteiger partial charge in [0.15, 0.2) is 0 Å². The van der Waals surface area contributed by atoms with Crippen LogP contribution in [-0.2, 0) is 0 Å². The highest BCUT2D eigenvalue weighted by molar-refractivity contribution is 8.07. The first-order chi connectivity index (χ1) is 4.36. The lowest BCUT2D eigenvalue weighted by atomic mass is 10.4. The maximum Gasteiger partial charge on any atom is 0.0698 e. The second-order valence-corrected chi connectivity index (χ2v) is 3.28. The quantitative estimate of drug-likeness (QED) is 0.547. The van der Waals surface area contributed by atoms with Gasteiger partial charge in [0.05, 0.1) is 5.03 Å². The fraction of sp³-hybridized carbons (Fsp3) is 0.143. The topological polar surface area (TPSA) is 12.0 Å². The zero-order valence-electron chi connectivity index (χ0n) is 4.98. The maximum absolute atomic E-state index is 3.81. The third-order valence-electron chi connectivity index (χ3n) is 1.41. The molecule has 2 aliphatic rings. The summed E-state index contributed by atoms with van der Waals surface area (Å²) in [5, 5.41) is 4.24. The molecule has 0 saturated heterocycles. The lowest BCUT2D eigenvalue weighted by Crippen LogP contribution is -2.00. The summed E-state index contributed by atoms with van der Waals surface area (Å²) < 4.78 is 0. The number of allylic oxidation sites excluding steroid dienone is 3. The largest absolute Gasteiger partial charge is 0.350 e. The molecule has 0 saturated carbocycles. The molecule has 1 heterocycles. The molecule has 0 amide bonds. The molecule has 0 radical (unpaired) electrons. The van der Waals surface area contributed by atoms with E-state index in [0.29, 0.717) is 0 Å². The van der Waals surface area contributed by atoms with Crippen LogP contribution in [0.3, 0.4) is 0 Å².